The van der Waals surface area contributed by atoms with E-state index in [1.807, 2.05) is 26.0 Å². The van der Waals surface area contributed by atoms with Crippen LogP contribution in [0.4, 0.5) is 8.78 Å². The molecule has 0 atom stereocenters. The van der Waals surface area contributed by atoms with Crippen molar-refractivity contribution in [2.45, 2.75) is 20.5 Å². The molecule has 7 heteroatoms. The summed E-state index contributed by atoms with van der Waals surface area (Å²) in [6.07, 6.45) is 0. The Hall–Kier alpha value is -2.80. The van der Waals surface area contributed by atoms with E-state index in [0.717, 1.165) is 6.07 Å². The zero-order valence-electron chi connectivity index (χ0n) is 15.5. The molecule has 1 N–H and O–H groups in total. The van der Waals surface area contributed by atoms with Crippen molar-refractivity contribution >= 4 is 17.2 Å². The molecule has 3 rings (SSSR count). The number of amides is 1. The monoisotopic (exact) mass is 402 g/mol. The number of hydrogen-bond donors (Lipinski definition) is 1. The minimum Gasteiger partial charge on any atom is -0.488 e. The number of aromatic nitrogens is 1. The number of hydrogen-bond acceptors (Lipinski definition) is 4. The van der Waals surface area contributed by atoms with E-state index in [9.17, 15) is 13.6 Å². The normalized spacial score (nSPS) is 10.9. The van der Waals surface area contributed by atoms with Crippen LogP contribution >= 0.6 is 11.3 Å². The van der Waals surface area contributed by atoms with Crippen molar-refractivity contribution in [2.75, 3.05) is 6.54 Å². The minimum absolute atomic E-state index is 0.0454. The molecule has 1 heterocycles. The number of para-hydroxylation sites is 1. The van der Waals surface area contributed by atoms with E-state index < -0.39 is 11.6 Å². The summed E-state index contributed by atoms with van der Waals surface area (Å²) >= 11 is 1.33. The standard InChI is InChI=1S/C21H20F2N2O2S/c1-13(2)10-24-20(26)18-12-28-21(25-18)16-5-3-4-6-19(16)27-11-14-7-8-15(22)9-17(14)23/h3-9,12-13H,10-11H2,1-2H3,(H,24,26). The number of rotatable bonds is 7. The van der Waals surface area contributed by atoms with Gasteiger partial charge in [0.1, 0.15) is 34.7 Å². The molecule has 0 bridgehead atoms. The van der Waals surface area contributed by atoms with Crippen LogP contribution in [0.1, 0.15) is 29.9 Å². The van der Waals surface area contributed by atoms with Crippen LogP contribution in [0.3, 0.4) is 0 Å². The third-order valence-corrected chi connectivity index (χ3v) is 4.80. The average Bonchev–Trinajstić information content (AvgIpc) is 3.16. The van der Waals surface area contributed by atoms with Gasteiger partial charge in [-0.3, -0.25) is 4.79 Å². The summed E-state index contributed by atoms with van der Waals surface area (Å²) in [6, 6.07) is 10.6. The molecule has 0 unspecified atom stereocenters. The largest absolute Gasteiger partial charge is 0.488 e. The number of halogens is 2. The Morgan fingerprint density at radius 1 is 1.21 bits per heavy atom. The second-order valence-electron chi connectivity index (χ2n) is 6.66. The maximum atomic E-state index is 13.8. The van der Waals surface area contributed by atoms with Gasteiger partial charge in [-0.25, -0.2) is 13.8 Å². The number of carbonyl (C=O) groups is 1. The quantitative estimate of drug-likeness (QED) is 0.601. The lowest BCUT2D eigenvalue weighted by Gasteiger charge is -2.10. The third kappa shape index (κ3) is 4.92. The van der Waals surface area contributed by atoms with Crippen LogP contribution in [-0.2, 0) is 6.61 Å². The van der Waals surface area contributed by atoms with E-state index >= 15 is 0 Å². The molecule has 0 aliphatic carbocycles. The van der Waals surface area contributed by atoms with Crippen LogP contribution in [0.15, 0.2) is 47.8 Å². The van der Waals surface area contributed by atoms with Crippen molar-refractivity contribution in [1.29, 1.82) is 0 Å². The summed E-state index contributed by atoms with van der Waals surface area (Å²) < 4.78 is 32.6. The van der Waals surface area contributed by atoms with Gasteiger partial charge in [0.2, 0.25) is 0 Å². The Bertz CT molecular complexity index is 973. The molecular formula is C21H20F2N2O2S. The van der Waals surface area contributed by atoms with Gasteiger partial charge in [-0.05, 0) is 30.2 Å². The zero-order valence-corrected chi connectivity index (χ0v) is 16.4. The predicted molar refractivity (Wildman–Crippen MR) is 105 cm³/mol. The number of benzene rings is 2. The van der Waals surface area contributed by atoms with Gasteiger partial charge >= 0.3 is 0 Å². The van der Waals surface area contributed by atoms with Gasteiger partial charge < -0.3 is 10.1 Å². The highest BCUT2D eigenvalue weighted by molar-refractivity contribution is 7.13. The summed E-state index contributed by atoms with van der Waals surface area (Å²) in [5.74, 6) is -0.649. The van der Waals surface area contributed by atoms with Crippen molar-refractivity contribution < 1.29 is 18.3 Å². The molecule has 0 radical (unpaired) electrons. The van der Waals surface area contributed by atoms with Crippen molar-refractivity contribution in [3.05, 3.63) is 70.7 Å². The summed E-state index contributed by atoms with van der Waals surface area (Å²) in [6.45, 7) is 4.57. The van der Waals surface area contributed by atoms with Gasteiger partial charge in [0.25, 0.3) is 5.91 Å². The van der Waals surface area contributed by atoms with E-state index in [4.69, 9.17) is 4.74 Å². The Morgan fingerprint density at radius 2 is 2.00 bits per heavy atom. The number of carbonyl (C=O) groups excluding carboxylic acids is 1. The summed E-state index contributed by atoms with van der Waals surface area (Å²) in [7, 11) is 0. The van der Waals surface area contributed by atoms with E-state index in [-0.39, 0.29) is 18.1 Å². The maximum Gasteiger partial charge on any atom is 0.270 e. The second-order valence-corrected chi connectivity index (χ2v) is 7.52. The fourth-order valence-corrected chi connectivity index (χ4v) is 3.28. The van der Waals surface area contributed by atoms with Crippen LogP contribution in [-0.4, -0.2) is 17.4 Å². The summed E-state index contributed by atoms with van der Waals surface area (Å²) in [5, 5.41) is 5.16. The van der Waals surface area contributed by atoms with Gasteiger partial charge in [-0.2, -0.15) is 0 Å². The smallest absolute Gasteiger partial charge is 0.270 e. The first-order valence-electron chi connectivity index (χ1n) is 8.84. The van der Waals surface area contributed by atoms with Gasteiger partial charge in [0, 0.05) is 23.6 Å². The maximum absolute atomic E-state index is 13.8. The highest BCUT2D eigenvalue weighted by Crippen LogP contribution is 2.32. The molecular weight excluding hydrogens is 382 g/mol. The van der Waals surface area contributed by atoms with Crippen molar-refractivity contribution in [1.82, 2.24) is 10.3 Å². The first-order valence-corrected chi connectivity index (χ1v) is 9.72. The molecule has 1 amide bonds. The molecule has 1 aromatic heterocycles. The summed E-state index contributed by atoms with van der Waals surface area (Å²) in [4.78, 5) is 16.6. The van der Waals surface area contributed by atoms with Crippen molar-refractivity contribution in [2.24, 2.45) is 5.92 Å². The SMILES string of the molecule is CC(C)CNC(=O)c1csc(-c2ccccc2OCc2ccc(F)cc2F)n1. The molecule has 0 saturated heterocycles. The second kappa shape index (κ2) is 8.93. The van der Waals surface area contributed by atoms with Crippen LogP contribution in [0.2, 0.25) is 0 Å². The van der Waals surface area contributed by atoms with E-state index in [1.54, 1.807) is 17.5 Å². The molecule has 3 aromatic rings. The van der Waals surface area contributed by atoms with E-state index in [1.165, 1.54) is 23.5 Å². The number of thiazole rings is 1. The molecule has 2 aromatic carbocycles. The fourth-order valence-electron chi connectivity index (χ4n) is 2.45. The highest BCUT2D eigenvalue weighted by Gasteiger charge is 2.15. The Kier molecular flexibility index (Phi) is 6.36. The number of nitrogens with zero attached hydrogens (tertiary/aromatic N) is 1. The van der Waals surface area contributed by atoms with Gasteiger partial charge in [-0.15, -0.1) is 11.3 Å². The first kappa shape index (κ1) is 19.9. The molecule has 28 heavy (non-hydrogen) atoms. The Morgan fingerprint density at radius 3 is 2.75 bits per heavy atom. The van der Waals surface area contributed by atoms with Crippen LogP contribution in [0, 0.1) is 17.6 Å². The zero-order chi connectivity index (χ0) is 20.1. The van der Waals surface area contributed by atoms with Crippen molar-refractivity contribution in [3.8, 4) is 16.3 Å². The molecule has 146 valence electrons. The fraction of sp³-hybridized carbons (Fsp3) is 0.238. The third-order valence-electron chi connectivity index (χ3n) is 3.92. The molecule has 0 aliphatic heterocycles. The van der Waals surface area contributed by atoms with E-state index in [2.05, 4.69) is 10.3 Å². The van der Waals surface area contributed by atoms with Gasteiger partial charge in [0.15, 0.2) is 0 Å². The predicted octanol–water partition coefficient (Wildman–Crippen LogP) is 5.05. The Balaban J connectivity index is 1.76. The molecule has 0 aliphatic rings. The number of ether oxygens (including phenoxy) is 1. The lowest BCUT2D eigenvalue weighted by molar-refractivity contribution is 0.0945. The lowest BCUT2D eigenvalue weighted by Crippen LogP contribution is -2.27. The van der Waals surface area contributed by atoms with E-state index in [0.29, 0.717) is 34.5 Å². The summed E-state index contributed by atoms with van der Waals surface area (Å²) in [5.41, 5.74) is 1.31. The van der Waals surface area contributed by atoms with Gasteiger partial charge in [-0.1, -0.05) is 26.0 Å². The van der Waals surface area contributed by atoms with Gasteiger partial charge in [0.05, 0.1) is 5.56 Å². The Labute approximate surface area is 166 Å². The molecule has 0 spiro atoms. The molecule has 0 fully saturated rings. The topological polar surface area (TPSA) is 51.2 Å². The van der Waals surface area contributed by atoms with Crippen molar-refractivity contribution in [3.63, 3.8) is 0 Å². The minimum atomic E-state index is -0.657. The first-order chi connectivity index (χ1) is 13.4. The molecule has 0 saturated carbocycles. The van der Waals surface area contributed by atoms with Crippen LogP contribution < -0.4 is 10.1 Å². The number of nitrogens with one attached hydrogen (secondary N) is 1. The highest BCUT2D eigenvalue weighted by atomic mass is 32.1. The van der Waals surface area contributed by atoms with Crippen LogP contribution in [0.5, 0.6) is 5.75 Å². The average molecular weight is 402 g/mol. The van der Waals surface area contributed by atoms with Crippen LogP contribution in [0.25, 0.3) is 10.6 Å². The lowest BCUT2D eigenvalue weighted by atomic mass is 10.2. The molecule has 4 nitrogen and oxygen atoms in total.